The Hall–Kier alpha value is -1.75. The summed E-state index contributed by atoms with van der Waals surface area (Å²) in [5, 5.41) is 2.65. The number of benzene rings is 1. The fourth-order valence-electron chi connectivity index (χ4n) is 1.25. The fourth-order valence-corrected chi connectivity index (χ4v) is 1.25. The van der Waals surface area contributed by atoms with Crippen LogP contribution in [-0.4, -0.2) is 25.9 Å². The zero-order valence-electron chi connectivity index (χ0n) is 10.8. The lowest BCUT2D eigenvalue weighted by Gasteiger charge is -2.12. The maximum atomic E-state index is 11.5. The zero-order valence-corrected chi connectivity index (χ0v) is 10.8. The highest BCUT2D eigenvalue weighted by Crippen LogP contribution is 2.23. The average Bonchev–Trinajstić information content (AvgIpc) is 2.35. The first-order valence-electron chi connectivity index (χ1n) is 5.99. The van der Waals surface area contributed by atoms with E-state index < -0.39 is 6.09 Å². The molecule has 3 N–H and O–H groups in total. The van der Waals surface area contributed by atoms with E-state index in [1.165, 1.54) is 0 Å². The second-order valence-electron chi connectivity index (χ2n) is 4.25. The van der Waals surface area contributed by atoms with Gasteiger partial charge in [-0.2, -0.15) is 0 Å². The summed E-state index contributed by atoms with van der Waals surface area (Å²) >= 11 is 0. The van der Waals surface area contributed by atoms with E-state index in [1.807, 2.05) is 26.0 Å². The largest absolute Gasteiger partial charge is 0.490 e. The van der Waals surface area contributed by atoms with Crippen molar-refractivity contribution in [3.05, 3.63) is 24.3 Å². The van der Waals surface area contributed by atoms with Crippen LogP contribution >= 0.6 is 0 Å². The molecule has 0 bridgehead atoms. The van der Waals surface area contributed by atoms with Crippen LogP contribution in [0.15, 0.2) is 24.3 Å². The van der Waals surface area contributed by atoms with Crippen LogP contribution in [0.2, 0.25) is 0 Å². The van der Waals surface area contributed by atoms with Crippen LogP contribution in [0.5, 0.6) is 5.75 Å². The summed E-state index contributed by atoms with van der Waals surface area (Å²) in [5.74, 6) is 0.893. The number of nitrogens with two attached hydrogens (primary N) is 1. The van der Waals surface area contributed by atoms with E-state index in [1.54, 1.807) is 12.1 Å². The first kappa shape index (κ1) is 14.3. The van der Waals surface area contributed by atoms with Gasteiger partial charge in [-0.25, -0.2) is 4.79 Å². The molecular weight excluding hydrogens is 232 g/mol. The molecule has 18 heavy (non-hydrogen) atoms. The Kier molecular flexibility index (Phi) is 6.00. The van der Waals surface area contributed by atoms with E-state index >= 15 is 0 Å². The van der Waals surface area contributed by atoms with Crippen LogP contribution in [0.1, 0.15) is 13.8 Å². The Bertz CT molecular complexity index is 380. The number of hydrogen-bond donors (Lipinski definition) is 2. The quantitative estimate of drug-likeness (QED) is 0.814. The predicted octanol–water partition coefficient (Wildman–Crippen LogP) is 2.23. The standard InChI is InChI=1S/C13H20N2O3/c1-10(2)9-18-13(16)15-11-5-3-4-6-12(11)17-8-7-14/h3-6,10H,7-9,14H2,1-2H3,(H,15,16). The molecule has 0 aromatic heterocycles. The monoisotopic (exact) mass is 252 g/mol. The Morgan fingerprint density at radius 1 is 1.39 bits per heavy atom. The highest BCUT2D eigenvalue weighted by molar-refractivity contribution is 5.86. The van der Waals surface area contributed by atoms with Crippen molar-refractivity contribution in [2.45, 2.75) is 13.8 Å². The van der Waals surface area contributed by atoms with Gasteiger partial charge in [-0.15, -0.1) is 0 Å². The normalized spacial score (nSPS) is 10.2. The van der Waals surface area contributed by atoms with E-state index in [0.717, 1.165) is 0 Å². The first-order chi connectivity index (χ1) is 8.63. The second kappa shape index (κ2) is 7.55. The number of carbonyl (C=O) groups excluding carboxylic acids is 1. The van der Waals surface area contributed by atoms with Crippen molar-refractivity contribution in [2.75, 3.05) is 25.1 Å². The summed E-state index contributed by atoms with van der Waals surface area (Å²) in [6, 6.07) is 7.17. The van der Waals surface area contributed by atoms with Crippen molar-refractivity contribution in [1.29, 1.82) is 0 Å². The van der Waals surface area contributed by atoms with E-state index in [0.29, 0.717) is 37.1 Å². The third-order valence-corrected chi connectivity index (χ3v) is 2.05. The Labute approximate surface area is 107 Å². The van der Waals surface area contributed by atoms with E-state index in [9.17, 15) is 4.79 Å². The maximum Gasteiger partial charge on any atom is 0.411 e. The Morgan fingerprint density at radius 2 is 2.11 bits per heavy atom. The van der Waals surface area contributed by atoms with Gasteiger partial charge < -0.3 is 15.2 Å². The van der Waals surface area contributed by atoms with Crippen LogP contribution in [-0.2, 0) is 4.74 Å². The molecule has 0 saturated carbocycles. The van der Waals surface area contributed by atoms with Gasteiger partial charge in [0.15, 0.2) is 0 Å². The van der Waals surface area contributed by atoms with Crippen LogP contribution in [0.3, 0.4) is 0 Å². The molecule has 0 saturated heterocycles. The van der Waals surface area contributed by atoms with Crippen molar-refractivity contribution in [3.63, 3.8) is 0 Å². The molecule has 0 aliphatic heterocycles. The maximum absolute atomic E-state index is 11.5. The molecule has 1 amide bonds. The number of amides is 1. The van der Waals surface area contributed by atoms with E-state index in [4.69, 9.17) is 15.2 Å². The molecule has 1 rings (SSSR count). The minimum atomic E-state index is -0.479. The molecule has 5 heteroatoms. The van der Waals surface area contributed by atoms with Gasteiger partial charge in [-0.3, -0.25) is 5.32 Å². The van der Waals surface area contributed by atoms with Gasteiger partial charge in [0, 0.05) is 6.54 Å². The van der Waals surface area contributed by atoms with E-state index in [2.05, 4.69) is 5.32 Å². The summed E-state index contributed by atoms with van der Waals surface area (Å²) in [6.45, 7) is 5.17. The number of para-hydroxylation sites is 2. The van der Waals surface area contributed by atoms with Gasteiger partial charge in [0.2, 0.25) is 0 Å². The molecule has 0 heterocycles. The van der Waals surface area contributed by atoms with Crippen LogP contribution in [0, 0.1) is 5.92 Å². The van der Waals surface area contributed by atoms with Gasteiger partial charge in [-0.1, -0.05) is 26.0 Å². The highest BCUT2D eigenvalue weighted by atomic mass is 16.5. The Morgan fingerprint density at radius 3 is 2.78 bits per heavy atom. The summed E-state index contributed by atoms with van der Waals surface area (Å²) in [4.78, 5) is 11.5. The number of nitrogens with one attached hydrogen (secondary N) is 1. The first-order valence-corrected chi connectivity index (χ1v) is 5.99. The molecule has 0 aliphatic rings. The van der Waals surface area contributed by atoms with Crippen LogP contribution in [0.25, 0.3) is 0 Å². The second-order valence-corrected chi connectivity index (χ2v) is 4.25. The number of carbonyl (C=O) groups is 1. The molecule has 0 radical (unpaired) electrons. The highest BCUT2D eigenvalue weighted by Gasteiger charge is 2.08. The molecule has 5 nitrogen and oxygen atoms in total. The third-order valence-electron chi connectivity index (χ3n) is 2.05. The Balaban J connectivity index is 2.57. The molecular formula is C13H20N2O3. The topological polar surface area (TPSA) is 73.6 Å². The molecule has 0 spiro atoms. The van der Waals surface area contributed by atoms with Gasteiger partial charge >= 0.3 is 6.09 Å². The number of anilines is 1. The van der Waals surface area contributed by atoms with Crippen molar-refractivity contribution in [2.24, 2.45) is 11.7 Å². The lowest BCUT2D eigenvalue weighted by molar-refractivity contribution is 0.147. The smallest absolute Gasteiger partial charge is 0.411 e. The van der Waals surface area contributed by atoms with Gasteiger partial charge in [0.1, 0.15) is 12.4 Å². The minimum Gasteiger partial charge on any atom is -0.490 e. The minimum absolute atomic E-state index is 0.305. The lowest BCUT2D eigenvalue weighted by Crippen LogP contribution is -2.18. The SMILES string of the molecule is CC(C)COC(=O)Nc1ccccc1OCCN. The zero-order chi connectivity index (χ0) is 13.4. The van der Waals surface area contributed by atoms with Crippen molar-refractivity contribution < 1.29 is 14.3 Å². The molecule has 0 unspecified atom stereocenters. The molecule has 1 aromatic rings. The molecule has 100 valence electrons. The molecule has 0 aliphatic carbocycles. The van der Waals surface area contributed by atoms with Crippen molar-refractivity contribution in [1.82, 2.24) is 0 Å². The summed E-state index contributed by atoms with van der Waals surface area (Å²) < 4.78 is 10.5. The number of hydrogen-bond acceptors (Lipinski definition) is 4. The van der Waals surface area contributed by atoms with Gasteiger partial charge in [0.25, 0.3) is 0 Å². The predicted molar refractivity (Wildman–Crippen MR) is 70.8 cm³/mol. The summed E-state index contributed by atoms with van der Waals surface area (Å²) in [6.07, 6.45) is -0.479. The van der Waals surface area contributed by atoms with Gasteiger partial charge in [-0.05, 0) is 18.1 Å². The van der Waals surface area contributed by atoms with Crippen molar-refractivity contribution >= 4 is 11.8 Å². The lowest BCUT2D eigenvalue weighted by atomic mass is 10.2. The summed E-state index contributed by atoms with van der Waals surface area (Å²) in [5.41, 5.74) is 5.95. The van der Waals surface area contributed by atoms with Crippen LogP contribution in [0.4, 0.5) is 10.5 Å². The molecule has 1 aromatic carbocycles. The van der Waals surface area contributed by atoms with E-state index in [-0.39, 0.29) is 0 Å². The number of ether oxygens (including phenoxy) is 2. The fraction of sp³-hybridized carbons (Fsp3) is 0.462. The van der Waals surface area contributed by atoms with Crippen LogP contribution < -0.4 is 15.8 Å². The van der Waals surface area contributed by atoms with Crippen molar-refractivity contribution in [3.8, 4) is 5.75 Å². The third kappa shape index (κ3) is 5.05. The average molecular weight is 252 g/mol. The van der Waals surface area contributed by atoms with Gasteiger partial charge in [0.05, 0.1) is 12.3 Å². The molecule has 0 fully saturated rings. The molecule has 0 atom stereocenters. The number of rotatable bonds is 6. The summed E-state index contributed by atoms with van der Waals surface area (Å²) in [7, 11) is 0.